The van der Waals surface area contributed by atoms with E-state index in [9.17, 15) is 9.90 Å². The van der Waals surface area contributed by atoms with Crippen LogP contribution in [0.3, 0.4) is 0 Å². The zero-order chi connectivity index (χ0) is 19.1. The molecule has 1 heterocycles. The highest BCUT2D eigenvalue weighted by atomic mass is 16.5. The highest BCUT2D eigenvalue weighted by molar-refractivity contribution is 5.79. The normalized spacial score (nSPS) is 11.6. The Bertz CT molecular complexity index is 1020. The van der Waals surface area contributed by atoms with Gasteiger partial charge in [-0.05, 0) is 42.7 Å². The molecule has 136 valence electrons. The van der Waals surface area contributed by atoms with Crippen molar-refractivity contribution in [2.45, 2.75) is 33.1 Å². The molecule has 5 nitrogen and oxygen atoms in total. The lowest BCUT2D eigenvalue weighted by Gasteiger charge is -2.23. The fourth-order valence-electron chi connectivity index (χ4n) is 2.82. The van der Waals surface area contributed by atoms with E-state index in [1.165, 1.54) is 18.2 Å². The molecule has 26 heavy (non-hydrogen) atoms. The lowest BCUT2D eigenvalue weighted by atomic mass is 9.86. The minimum atomic E-state index is -0.278. The molecular formula is C21H22O5. The van der Waals surface area contributed by atoms with Gasteiger partial charge in [-0.3, -0.25) is 4.79 Å². The highest BCUT2D eigenvalue weighted by Gasteiger charge is 2.22. The van der Waals surface area contributed by atoms with Crippen molar-refractivity contribution in [3.05, 3.63) is 57.9 Å². The van der Waals surface area contributed by atoms with Gasteiger partial charge in [0.05, 0.1) is 12.5 Å². The Morgan fingerprint density at radius 2 is 1.81 bits per heavy atom. The lowest BCUT2D eigenvalue weighted by molar-refractivity contribution is 0.401. The number of ether oxygens (including phenoxy) is 2. The Hall–Kier alpha value is -2.95. The van der Waals surface area contributed by atoms with Crippen molar-refractivity contribution in [1.82, 2.24) is 0 Å². The summed E-state index contributed by atoms with van der Waals surface area (Å²) in [7, 11) is 1.61. The van der Waals surface area contributed by atoms with Gasteiger partial charge in [0.25, 0.3) is 0 Å². The van der Waals surface area contributed by atoms with E-state index in [2.05, 4.69) is 20.8 Å². The van der Waals surface area contributed by atoms with Gasteiger partial charge in [0.1, 0.15) is 28.6 Å². The second-order valence-corrected chi connectivity index (χ2v) is 7.21. The summed E-state index contributed by atoms with van der Waals surface area (Å²) in [5.41, 5.74) is 0.757. The standard InChI is InChI=1S/C21H22O5/c1-12-20(19(23)15-8-6-13(22)10-18(15)25-12)26-17-9-7-14(24-5)11-16(17)21(2,3)4/h6-11,22H,1-5H3. The van der Waals surface area contributed by atoms with E-state index in [0.29, 0.717) is 22.5 Å². The first-order valence-electron chi connectivity index (χ1n) is 8.33. The summed E-state index contributed by atoms with van der Waals surface area (Å²) in [6.45, 7) is 7.86. The van der Waals surface area contributed by atoms with Crippen LogP contribution in [-0.2, 0) is 5.41 Å². The van der Waals surface area contributed by atoms with E-state index < -0.39 is 0 Å². The summed E-state index contributed by atoms with van der Waals surface area (Å²) in [6, 6.07) is 9.89. The Kier molecular flexibility index (Phi) is 4.40. The number of fused-ring (bicyclic) bond motifs is 1. The van der Waals surface area contributed by atoms with Crippen LogP contribution in [0.2, 0.25) is 0 Å². The van der Waals surface area contributed by atoms with Crippen LogP contribution in [0.4, 0.5) is 0 Å². The predicted molar refractivity (Wildman–Crippen MR) is 101 cm³/mol. The molecule has 3 aromatic rings. The van der Waals surface area contributed by atoms with Gasteiger partial charge >= 0.3 is 0 Å². The summed E-state index contributed by atoms with van der Waals surface area (Å²) in [5, 5.41) is 9.94. The zero-order valence-corrected chi connectivity index (χ0v) is 15.5. The number of hydrogen-bond donors (Lipinski definition) is 1. The molecule has 0 aliphatic rings. The Morgan fingerprint density at radius 1 is 1.08 bits per heavy atom. The molecule has 0 unspecified atom stereocenters. The zero-order valence-electron chi connectivity index (χ0n) is 15.5. The fraction of sp³-hybridized carbons (Fsp3) is 0.286. The van der Waals surface area contributed by atoms with Gasteiger partial charge < -0.3 is 19.0 Å². The van der Waals surface area contributed by atoms with Crippen LogP contribution in [0.5, 0.6) is 23.0 Å². The molecule has 0 amide bonds. The van der Waals surface area contributed by atoms with Crippen molar-refractivity contribution in [2.75, 3.05) is 7.11 Å². The van der Waals surface area contributed by atoms with Gasteiger partial charge in [0.15, 0.2) is 0 Å². The smallest absolute Gasteiger partial charge is 0.235 e. The molecule has 0 bridgehead atoms. The van der Waals surface area contributed by atoms with Gasteiger partial charge in [-0.25, -0.2) is 0 Å². The monoisotopic (exact) mass is 354 g/mol. The first-order valence-corrected chi connectivity index (χ1v) is 8.33. The van der Waals surface area contributed by atoms with Crippen LogP contribution in [-0.4, -0.2) is 12.2 Å². The van der Waals surface area contributed by atoms with Crippen LogP contribution in [0.15, 0.2) is 45.6 Å². The quantitative estimate of drug-likeness (QED) is 0.724. The van der Waals surface area contributed by atoms with E-state index >= 15 is 0 Å². The number of hydrogen-bond acceptors (Lipinski definition) is 5. The SMILES string of the molecule is COc1ccc(Oc2c(C)oc3cc(O)ccc3c2=O)c(C(C)(C)C)c1. The maximum Gasteiger partial charge on any atom is 0.235 e. The van der Waals surface area contributed by atoms with Gasteiger partial charge in [0, 0.05) is 11.6 Å². The Morgan fingerprint density at radius 3 is 2.46 bits per heavy atom. The molecule has 2 aromatic carbocycles. The molecule has 0 radical (unpaired) electrons. The average Bonchev–Trinajstić information content (AvgIpc) is 2.57. The van der Waals surface area contributed by atoms with E-state index in [-0.39, 0.29) is 22.3 Å². The molecule has 0 saturated heterocycles. The third-order valence-electron chi connectivity index (χ3n) is 4.21. The molecule has 1 aromatic heterocycles. The third kappa shape index (κ3) is 3.25. The maximum absolute atomic E-state index is 12.9. The van der Waals surface area contributed by atoms with Crippen molar-refractivity contribution in [3.8, 4) is 23.0 Å². The summed E-state index contributed by atoms with van der Waals surface area (Å²) < 4.78 is 17.0. The molecule has 0 aliphatic carbocycles. The second-order valence-electron chi connectivity index (χ2n) is 7.21. The first kappa shape index (κ1) is 17.9. The summed E-state index contributed by atoms with van der Waals surface area (Å²) in [6.07, 6.45) is 0. The van der Waals surface area contributed by atoms with Gasteiger partial charge in [-0.15, -0.1) is 0 Å². The Balaban J connectivity index is 2.15. The third-order valence-corrected chi connectivity index (χ3v) is 4.21. The molecule has 3 rings (SSSR count). The van der Waals surface area contributed by atoms with Crippen LogP contribution >= 0.6 is 0 Å². The number of methoxy groups -OCH3 is 1. The summed E-state index contributed by atoms with van der Waals surface area (Å²) in [4.78, 5) is 12.9. The fourth-order valence-corrected chi connectivity index (χ4v) is 2.82. The number of phenolic OH excluding ortho intramolecular Hbond substituents is 1. The van der Waals surface area contributed by atoms with Crippen molar-refractivity contribution in [2.24, 2.45) is 0 Å². The van der Waals surface area contributed by atoms with Crippen LogP contribution in [0, 0.1) is 6.92 Å². The molecule has 1 N–H and O–H groups in total. The maximum atomic E-state index is 12.9. The van der Waals surface area contributed by atoms with Gasteiger partial charge in [0.2, 0.25) is 11.2 Å². The van der Waals surface area contributed by atoms with E-state index in [0.717, 1.165) is 11.3 Å². The van der Waals surface area contributed by atoms with Crippen LogP contribution < -0.4 is 14.9 Å². The number of benzene rings is 2. The van der Waals surface area contributed by atoms with Crippen molar-refractivity contribution in [1.29, 1.82) is 0 Å². The largest absolute Gasteiger partial charge is 0.508 e. The first-order chi connectivity index (χ1) is 12.2. The van der Waals surface area contributed by atoms with E-state index in [1.54, 1.807) is 26.2 Å². The van der Waals surface area contributed by atoms with Crippen LogP contribution in [0.1, 0.15) is 32.1 Å². The van der Waals surface area contributed by atoms with Gasteiger partial charge in [-0.2, -0.15) is 0 Å². The molecule has 0 saturated carbocycles. The lowest BCUT2D eigenvalue weighted by Crippen LogP contribution is -2.14. The topological polar surface area (TPSA) is 68.9 Å². The molecule has 5 heteroatoms. The minimum absolute atomic E-state index is 0.0406. The minimum Gasteiger partial charge on any atom is -0.508 e. The van der Waals surface area contributed by atoms with Gasteiger partial charge in [-0.1, -0.05) is 20.8 Å². The Labute approximate surface area is 151 Å². The van der Waals surface area contributed by atoms with E-state index in [4.69, 9.17) is 13.9 Å². The molecule has 0 aliphatic heterocycles. The number of aryl methyl sites for hydroxylation is 1. The number of phenols is 1. The molecule has 0 fully saturated rings. The highest BCUT2D eigenvalue weighted by Crippen LogP contribution is 2.37. The summed E-state index contributed by atoms with van der Waals surface area (Å²) >= 11 is 0. The van der Waals surface area contributed by atoms with Crippen LogP contribution in [0.25, 0.3) is 11.0 Å². The van der Waals surface area contributed by atoms with E-state index in [1.807, 2.05) is 6.07 Å². The number of rotatable bonds is 3. The number of aromatic hydroxyl groups is 1. The molecule has 0 spiro atoms. The molecular weight excluding hydrogens is 332 g/mol. The second kappa shape index (κ2) is 6.41. The predicted octanol–water partition coefficient (Wildman–Crippen LogP) is 4.91. The van der Waals surface area contributed by atoms with Crippen molar-refractivity contribution < 1.29 is 19.0 Å². The summed E-state index contributed by atoms with van der Waals surface area (Å²) in [5.74, 6) is 1.83. The molecule has 0 atom stereocenters. The van der Waals surface area contributed by atoms with Crippen molar-refractivity contribution >= 4 is 11.0 Å². The average molecular weight is 354 g/mol. The van der Waals surface area contributed by atoms with Crippen molar-refractivity contribution in [3.63, 3.8) is 0 Å².